The zero-order valence-electron chi connectivity index (χ0n) is 9.88. The van der Waals surface area contributed by atoms with Crippen LogP contribution in [0.2, 0.25) is 0 Å². The van der Waals surface area contributed by atoms with Gasteiger partial charge in [0.15, 0.2) is 0 Å². The Hall–Kier alpha value is -1.11. The van der Waals surface area contributed by atoms with E-state index in [2.05, 4.69) is 5.10 Å². The molecule has 0 bridgehead atoms. The topological polar surface area (TPSA) is 43.8 Å². The van der Waals surface area contributed by atoms with E-state index in [1.807, 2.05) is 43.4 Å². The predicted octanol–water partition coefficient (Wildman–Crippen LogP) is 3.12. The number of halogens is 2. The Labute approximate surface area is 113 Å². The van der Waals surface area contributed by atoms with Crippen molar-refractivity contribution < 1.29 is 4.39 Å². The first-order valence-electron chi connectivity index (χ1n) is 5.19. The zero-order chi connectivity index (χ0) is 12.7. The number of rotatable bonds is 1. The molecular weight excluding hydrogens is 332 g/mol. The highest BCUT2D eigenvalue weighted by atomic mass is 127. The van der Waals surface area contributed by atoms with E-state index >= 15 is 0 Å². The van der Waals surface area contributed by atoms with Crippen molar-refractivity contribution in [3.05, 3.63) is 38.5 Å². The molecule has 0 atom stereocenters. The molecule has 3 nitrogen and oxygen atoms in total. The fraction of sp³-hybridized carbons (Fsp3) is 0.250. The Balaban J connectivity index is 2.68. The Morgan fingerprint density at radius 1 is 1.29 bits per heavy atom. The van der Waals surface area contributed by atoms with Gasteiger partial charge in [-0.1, -0.05) is 0 Å². The Bertz CT molecular complexity index is 590. The van der Waals surface area contributed by atoms with Crippen LogP contribution in [-0.2, 0) is 0 Å². The van der Waals surface area contributed by atoms with Crippen LogP contribution < -0.4 is 5.73 Å². The SMILES string of the molecule is Cc1nn(-c2cc(F)c(I)cc2N)c(C)c1C. The summed E-state index contributed by atoms with van der Waals surface area (Å²) in [6, 6.07) is 3.05. The highest BCUT2D eigenvalue weighted by molar-refractivity contribution is 14.1. The van der Waals surface area contributed by atoms with Crippen LogP contribution >= 0.6 is 22.6 Å². The monoisotopic (exact) mass is 345 g/mol. The molecule has 0 spiro atoms. The Kier molecular flexibility index (Phi) is 3.11. The second-order valence-electron chi connectivity index (χ2n) is 4.03. The van der Waals surface area contributed by atoms with Gasteiger partial charge in [-0.15, -0.1) is 0 Å². The van der Waals surface area contributed by atoms with Crippen LogP contribution in [0.4, 0.5) is 10.1 Å². The van der Waals surface area contributed by atoms with Gasteiger partial charge in [-0.25, -0.2) is 9.07 Å². The largest absolute Gasteiger partial charge is 0.397 e. The molecule has 0 aliphatic carbocycles. The standard InChI is InChI=1S/C12H13FIN3/c1-6-7(2)16-17(8(6)3)12-4-9(13)10(14)5-11(12)15/h4-5H,15H2,1-3H3. The molecule has 0 radical (unpaired) electrons. The van der Waals surface area contributed by atoms with Gasteiger partial charge in [0, 0.05) is 11.8 Å². The van der Waals surface area contributed by atoms with Crippen molar-refractivity contribution in [2.24, 2.45) is 0 Å². The van der Waals surface area contributed by atoms with Crippen molar-refractivity contribution >= 4 is 28.3 Å². The first kappa shape index (κ1) is 12.3. The molecule has 2 aromatic rings. The van der Waals surface area contributed by atoms with Crippen LogP contribution in [-0.4, -0.2) is 9.78 Å². The van der Waals surface area contributed by atoms with E-state index in [0.717, 1.165) is 17.0 Å². The summed E-state index contributed by atoms with van der Waals surface area (Å²) < 4.78 is 15.8. The maximum absolute atomic E-state index is 13.6. The fourth-order valence-electron chi connectivity index (χ4n) is 1.69. The lowest BCUT2D eigenvalue weighted by atomic mass is 10.2. The van der Waals surface area contributed by atoms with Crippen LogP contribution in [0, 0.1) is 30.2 Å². The average molecular weight is 345 g/mol. The van der Waals surface area contributed by atoms with E-state index in [1.165, 1.54) is 6.07 Å². The van der Waals surface area contributed by atoms with Crippen LogP contribution in [0.1, 0.15) is 17.0 Å². The third kappa shape index (κ3) is 2.03. The van der Waals surface area contributed by atoms with Gasteiger partial charge in [0.25, 0.3) is 0 Å². The van der Waals surface area contributed by atoms with Crippen LogP contribution in [0.15, 0.2) is 12.1 Å². The van der Waals surface area contributed by atoms with Crippen LogP contribution in [0.5, 0.6) is 0 Å². The van der Waals surface area contributed by atoms with Gasteiger partial charge in [0.2, 0.25) is 0 Å². The summed E-state index contributed by atoms with van der Waals surface area (Å²) in [6.07, 6.45) is 0. The van der Waals surface area contributed by atoms with E-state index in [-0.39, 0.29) is 5.82 Å². The van der Waals surface area contributed by atoms with Gasteiger partial charge >= 0.3 is 0 Å². The summed E-state index contributed by atoms with van der Waals surface area (Å²) in [5, 5.41) is 4.38. The first-order valence-corrected chi connectivity index (χ1v) is 6.27. The molecule has 2 N–H and O–H groups in total. The molecule has 0 aliphatic rings. The van der Waals surface area contributed by atoms with Crippen LogP contribution in [0.25, 0.3) is 5.69 Å². The van der Waals surface area contributed by atoms with Crippen molar-refractivity contribution in [1.29, 1.82) is 0 Å². The average Bonchev–Trinajstić information content (AvgIpc) is 2.51. The Morgan fingerprint density at radius 2 is 1.94 bits per heavy atom. The lowest BCUT2D eigenvalue weighted by molar-refractivity contribution is 0.618. The normalized spacial score (nSPS) is 10.9. The van der Waals surface area contributed by atoms with Gasteiger partial charge in [-0.3, -0.25) is 0 Å². The molecule has 2 rings (SSSR count). The smallest absolute Gasteiger partial charge is 0.138 e. The summed E-state index contributed by atoms with van der Waals surface area (Å²) in [5.41, 5.74) is 10.1. The number of anilines is 1. The summed E-state index contributed by atoms with van der Waals surface area (Å²) in [7, 11) is 0. The third-order valence-corrected chi connectivity index (χ3v) is 3.78. The summed E-state index contributed by atoms with van der Waals surface area (Å²) >= 11 is 1.92. The fourth-order valence-corrected chi connectivity index (χ4v) is 2.18. The summed E-state index contributed by atoms with van der Waals surface area (Å²) in [5.74, 6) is -0.278. The van der Waals surface area contributed by atoms with Gasteiger partial charge in [0.05, 0.1) is 20.6 Å². The van der Waals surface area contributed by atoms with Gasteiger partial charge in [0.1, 0.15) is 5.82 Å². The molecule has 0 aliphatic heterocycles. The number of nitrogen functional groups attached to an aromatic ring is 1. The van der Waals surface area contributed by atoms with Crippen molar-refractivity contribution in [1.82, 2.24) is 9.78 Å². The molecule has 0 saturated heterocycles. The first-order chi connectivity index (χ1) is 7.91. The van der Waals surface area contributed by atoms with Gasteiger partial charge in [-0.2, -0.15) is 5.10 Å². The lowest BCUT2D eigenvalue weighted by Crippen LogP contribution is -2.05. The van der Waals surface area contributed by atoms with E-state index in [4.69, 9.17) is 5.73 Å². The second-order valence-corrected chi connectivity index (χ2v) is 5.19. The van der Waals surface area contributed by atoms with Crippen molar-refractivity contribution in [2.45, 2.75) is 20.8 Å². The zero-order valence-corrected chi connectivity index (χ0v) is 12.0. The molecule has 1 heterocycles. The maximum Gasteiger partial charge on any atom is 0.138 e. The number of nitrogens with two attached hydrogens (primary N) is 1. The molecule has 0 amide bonds. The van der Waals surface area contributed by atoms with Crippen LogP contribution in [0.3, 0.4) is 0 Å². The molecule has 0 saturated carbocycles. The maximum atomic E-state index is 13.6. The minimum Gasteiger partial charge on any atom is -0.397 e. The molecule has 1 aromatic heterocycles. The quantitative estimate of drug-likeness (QED) is 0.638. The molecule has 17 heavy (non-hydrogen) atoms. The molecule has 1 aromatic carbocycles. The Morgan fingerprint density at radius 3 is 2.47 bits per heavy atom. The minimum atomic E-state index is -0.278. The highest BCUT2D eigenvalue weighted by Gasteiger charge is 2.13. The molecule has 0 unspecified atom stereocenters. The lowest BCUT2D eigenvalue weighted by Gasteiger charge is -2.09. The highest BCUT2D eigenvalue weighted by Crippen LogP contribution is 2.25. The summed E-state index contributed by atoms with van der Waals surface area (Å²) in [4.78, 5) is 0. The van der Waals surface area contributed by atoms with E-state index < -0.39 is 0 Å². The minimum absolute atomic E-state index is 0.278. The number of nitrogens with zero attached hydrogens (tertiary/aromatic N) is 2. The summed E-state index contributed by atoms with van der Waals surface area (Å²) in [6.45, 7) is 5.87. The van der Waals surface area contributed by atoms with Gasteiger partial charge in [-0.05, 0) is 55.0 Å². The number of benzene rings is 1. The number of aromatic nitrogens is 2. The van der Waals surface area contributed by atoms with E-state index in [0.29, 0.717) is 14.9 Å². The second kappa shape index (κ2) is 4.29. The third-order valence-electron chi connectivity index (χ3n) is 2.95. The number of aryl methyl sites for hydroxylation is 1. The number of hydrogen-bond acceptors (Lipinski definition) is 2. The predicted molar refractivity (Wildman–Crippen MR) is 74.9 cm³/mol. The molecule has 0 fully saturated rings. The molecule has 5 heteroatoms. The molecule has 90 valence electrons. The molecular formula is C12H13FIN3. The van der Waals surface area contributed by atoms with Crippen molar-refractivity contribution in [3.8, 4) is 5.69 Å². The number of hydrogen-bond donors (Lipinski definition) is 1. The van der Waals surface area contributed by atoms with E-state index in [9.17, 15) is 4.39 Å². The van der Waals surface area contributed by atoms with Crippen molar-refractivity contribution in [2.75, 3.05) is 5.73 Å². The van der Waals surface area contributed by atoms with E-state index in [1.54, 1.807) is 10.7 Å². The van der Waals surface area contributed by atoms with Crippen molar-refractivity contribution in [3.63, 3.8) is 0 Å². The van der Waals surface area contributed by atoms with Gasteiger partial charge < -0.3 is 5.73 Å².